The van der Waals surface area contributed by atoms with Crippen LogP contribution in [0.5, 0.6) is 0 Å². The van der Waals surface area contributed by atoms with E-state index in [1.54, 1.807) is 6.20 Å². The quantitative estimate of drug-likeness (QED) is 0.599. The summed E-state index contributed by atoms with van der Waals surface area (Å²) in [5.74, 6) is 1.42. The second-order valence-electron chi connectivity index (χ2n) is 5.37. The predicted molar refractivity (Wildman–Crippen MR) is 76.7 cm³/mol. The average molecular weight is 293 g/mol. The molecule has 1 fully saturated rings. The summed E-state index contributed by atoms with van der Waals surface area (Å²) in [6.07, 6.45) is 5.70. The van der Waals surface area contributed by atoms with Gasteiger partial charge in [0.15, 0.2) is 0 Å². The number of nitrogens with zero attached hydrogens (tertiary/aromatic N) is 5. The van der Waals surface area contributed by atoms with Crippen LogP contribution in [0.2, 0.25) is 0 Å². The van der Waals surface area contributed by atoms with E-state index in [2.05, 4.69) is 35.3 Å². The van der Waals surface area contributed by atoms with Crippen molar-refractivity contribution in [2.75, 3.05) is 0 Å². The number of nitrogens with one attached hydrogen (secondary N) is 2. The van der Waals surface area contributed by atoms with Gasteiger partial charge in [-0.1, -0.05) is 5.16 Å². The lowest BCUT2D eigenvalue weighted by atomic mass is 10.2. The Hall–Kier alpha value is -3.03. The average Bonchev–Trinajstić information content (AvgIpc) is 3.01. The lowest BCUT2D eigenvalue weighted by Gasteiger charge is -1.94. The fraction of sp³-hybridized carbons (Fsp3) is 0.214. The summed E-state index contributed by atoms with van der Waals surface area (Å²) in [7, 11) is 0. The highest BCUT2D eigenvalue weighted by molar-refractivity contribution is 5.88. The molecule has 0 atom stereocenters. The third-order valence-electron chi connectivity index (χ3n) is 3.83. The van der Waals surface area contributed by atoms with Crippen LogP contribution in [-0.4, -0.2) is 35.3 Å². The summed E-state index contributed by atoms with van der Waals surface area (Å²) in [4.78, 5) is 15.8. The Balaban J connectivity index is 1.56. The van der Waals surface area contributed by atoms with E-state index in [1.165, 1.54) is 19.2 Å². The molecule has 1 aliphatic carbocycles. The summed E-state index contributed by atoms with van der Waals surface area (Å²) in [6, 6.07) is 3.87. The first-order chi connectivity index (χ1) is 10.9. The Kier molecular flexibility index (Phi) is 2.23. The molecule has 1 aliphatic rings. The Labute approximate surface area is 124 Å². The second kappa shape index (κ2) is 4.23. The van der Waals surface area contributed by atoms with E-state index in [0.717, 1.165) is 16.7 Å². The van der Waals surface area contributed by atoms with Crippen molar-refractivity contribution in [1.29, 1.82) is 0 Å². The first-order valence-electron chi connectivity index (χ1n) is 7.06. The van der Waals surface area contributed by atoms with Gasteiger partial charge < -0.3 is 9.51 Å². The molecule has 2 N–H and O–H groups in total. The molecule has 4 aromatic rings. The molecule has 8 nitrogen and oxygen atoms in total. The van der Waals surface area contributed by atoms with Gasteiger partial charge >= 0.3 is 0 Å². The molecule has 0 aliphatic heterocycles. The minimum atomic E-state index is 0.359. The van der Waals surface area contributed by atoms with Gasteiger partial charge in [-0.05, 0) is 25.0 Å². The SMILES string of the molecule is c1nc(-c2nc(-c3cc(C4CC4)[nH]n3)no2)c2cc[nH]c2n1. The van der Waals surface area contributed by atoms with E-state index in [1.807, 2.05) is 12.1 Å². The zero-order valence-electron chi connectivity index (χ0n) is 11.4. The van der Waals surface area contributed by atoms with Crippen LogP contribution < -0.4 is 0 Å². The van der Waals surface area contributed by atoms with Crippen LogP contribution in [0.25, 0.3) is 34.1 Å². The van der Waals surface area contributed by atoms with Gasteiger partial charge in [-0.3, -0.25) is 5.10 Å². The summed E-state index contributed by atoms with van der Waals surface area (Å²) in [5.41, 5.74) is 3.18. The van der Waals surface area contributed by atoms with E-state index < -0.39 is 0 Å². The minimum Gasteiger partial charge on any atom is -0.346 e. The van der Waals surface area contributed by atoms with Crippen molar-refractivity contribution in [2.45, 2.75) is 18.8 Å². The lowest BCUT2D eigenvalue weighted by Crippen LogP contribution is -1.87. The number of aromatic nitrogens is 7. The largest absolute Gasteiger partial charge is 0.346 e. The molecule has 0 amide bonds. The number of rotatable bonds is 3. The third kappa shape index (κ3) is 1.73. The molecular formula is C14H11N7O. The second-order valence-corrected chi connectivity index (χ2v) is 5.37. The van der Waals surface area contributed by atoms with Crippen molar-refractivity contribution in [3.63, 3.8) is 0 Å². The summed E-state index contributed by atoms with van der Waals surface area (Å²) < 4.78 is 5.35. The van der Waals surface area contributed by atoms with Gasteiger partial charge in [-0.15, -0.1) is 0 Å². The van der Waals surface area contributed by atoms with Gasteiger partial charge in [-0.25, -0.2) is 9.97 Å². The van der Waals surface area contributed by atoms with Crippen LogP contribution in [0, 0.1) is 0 Å². The fourth-order valence-corrected chi connectivity index (χ4v) is 2.52. The molecule has 0 saturated heterocycles. The topological polar surface area (TPSA) is 109 Å². The van der Waals surface area contributed by atoms with Crippen LogP contribution in [-0.2, 0) is 0 Å². The normalized spacial score (nSPS) is 14.7. The molecule has 5 rings (SSSR count). The van der Waals surface area contributed by atoms with Crippen LogP contribution in [0.1, 0.15) is 24.5 Å². The minimum absolute atomic E-state index is 0.359. The Morgan fingerprint density at radius 2 is 2.18 bits per heavy atom. The number of fused-ring (bicyclic) bond motifs is 1. The van der Waals surface area contributed by atoms with Gasteiger partial charge in [0.05, 0.1) is 5.39 Å². The van der Waals surface area contributed by atoms with Gasteiger partial charge in [0.2, 0.25) is 5.82 Å². The highest BCUT2D eigenvalue weighted by Gasteiger charge is 2.26. The van der Waals surface area contributed by atoms with Gasteiger partial charge in [0.1, 0.15) is 23.4 Å². The van der Waals surface area contributed by atoms with E-state index in [0.29, 0.717) is 29.0 Å². The maximum atomic E-state index is 5.35. The van der Waals surface area contributed by atoms with E-state index >= 15 is 0 Å². The molecule has 4 heterocycles. The number of H-pyrrole nitrogens is 2. The zero-order valence-corrected chi connectivity index (χ0v) is 11.4. The predicted octanol–water partition coefficient (Wildman–Crippen LogP) is 2.28. The fourth-order valence-electron chi connectivity index (χ4n) is 2.52. The standard InChI is InChI=1S/C14H11N7O/c1-2-7(1)9-5-10(20-19-9)13-18-14(22-21-13)11-8-3-4-15-12(8)17-6-16-11/h3-7H,1-2H2,(H,19,20)(H,15,16,17). The first kappa shape index (κ1) is 11.6. The molecular weight excluding hydrogens is 282 g/mol. The summed E-state index contributed by atoms with van der Waals surface area (Å²) in [5, 5.41) is 12.2. The molecule has 8 heteroatoms. The maximum Gasteiger partial charge on any atom is 0.277 e. The highest BCUT2D eigenvalue weighted by Crippen LogP contribution is 2.39. The first-order valence-corrected chi connectivity index (χ1v) is 7.06. The van der Waals surface area contributed by atoms with Gasteiger partial charge in [-0.2, -0.15) is 10.1 Å². The Morgan fingerprint density at radius 3 is 3.09 bits per heavy atom. The summed E-state index contributed by atoms with van der Waals surface area (Å²) in [6.45, 7) is 0. The van der Waals surface area contributed by atoms with E-state index in [-0.39, 0.29) is 0 Å². The smallest absolute Gasteiger partial charge is 0.277 e. The third-order valence-corrected chi connectivity index (χ3v) is 3.83. The molecule has 108 valence electrons. The van der Waals surface area contributed by atoms with Crippen LogP contribution >= 0.6 is 0 Å². The Bertz CT molecular complexity index is 962. The lowest BCUT2D eigenvalue weighted by molar-refractivity contribution is 0.431. The van der Waals surface area contributed by atoms with Crippen molar-refractivity contribution in [2.24, 2.45) is 0 Å². The highest BCUT2D eigenvalue weighted by atomic mass is 16.5. The van der Waals surface area contributed by atoms with Crippen molar-refractivity contribution >= 4 is 11.0 Å². The van der Waals surface area contributed by atoms with Gasteiger partial charge in [0.25, 0.3) is 5.89 Å². The van der Waals surface area contributed by atoms with Crippen molar-refractivity contribution in [1.82, 2.24) is 35.3 Å². The molecule has 0 bridgehead atoms. The Morgan fingerprint density at radius 1 is 1.23 bits per heavy atom. The van der Waals surface area contributed by atoms with Crippen molar-refractivity contribution < 1.29 is 4.52 Å². The maximum absolute atomic E-state index is 5.35. The molecule has 1 saturated carbocycles. The van der Waals surface area contributed by atoms with Crippen LogP contribution in [0.15, 0.2) is 29.2 Å². The monoisotopic (exact) mass is 293 g/mol. The molecule has 22 heavy (non-hydrogen) atoms. The number of aromatic amines is 2. The number of hydrogen-bond acceptors (Lipinski definition) is 6. The van der Waals surface area contributed by atoms with Crippen LogP contribution in [0.4, 0.5) is 0 Å². The summed E-state index contributed by atoms with van der Waals surface area (Å²) >= 11 is 0. The molecule has 4 aromatic heterocycles. The molecule has 0 aromatic carbocycles. The van der Waals surface area contributed by atoms with Crippen molar-refractivity contribution in [3.8, 4) is 23.1 Å². The molecule has 0 spiro atoms. The van der Waals surface area contributed by atoms with E-state index in [4.69, 9.17) is 4.52 Å². The molecule has 0 unspecified atom stereocenters. The van der Waals surface area contributed by atoms with Crippen molar-refractivity contribution in [3.05, 3.63) is 30.4 Å². The van der Waals surface area contributed by atoms with Gasteiger partial charge in [0, 0.05) is 17.8 Å². The van der Waals surface area contributed by atoms with E-state index in [9.17, 15) is 0 Å². The zero-order chi connectivity index (χ0) is 14.5. The van der Waals surface area contributed by atoms with Crippen LogP contribution in [0.3, 0.4) is 0 Å². The molecule has 0 radical (unpaired) electrons. The number of hydrogen-bond donors (Lipinski definition) is 2.